The van der Waals surface area contributed by atoms with Crippen LogP contribution in [-0.4, -0.2) is 30.0 Å². The SMILES string of the molecule is CCOC(=O)CCC(=O)NCCc1nccs1. The molecule has 0 aliphatic rings. The molecule has 17 heavy (non-hydrogen) atoms. The van der Waals surface area contributed by atoms with Crippen molar-refractivity contribution in [3.63, 3.8) is 0 Å². The van der Waals surface area contributed by atoms with Gasteiger partial charge in [0.1, 0.15) is 0 Å². The molecule has 1 heterocycles. The van der Waals surface area contributed by atoms with Crippen molar-refractivity contribution in [3.8, 4) is 0 Å². The summed E-state index contributed by atoms with van der Waals surface area (Å²) in [7, 11) is 0. The highest BCUT2D eigenvalue weighted by Crippen LogP contribution is 2.03. The average molecular weight is 256 g/mol. The number of nitrogens with zero attached hydrogens (tertiary/aromatic N) is 1. The minimum Gasteiger partial charge on any atom is -0.466 e. The Labute approximate surface area is 104 Å². The van der Waals surface area contributed by atoms with Gasteiger partial charge < -0.3 is 10.1 Å². The highest BCUT2D eigenvalue weighted by Gasteiger charge is 2.07. The van der Waals surface area contributed by atoms with Crippen LogP contribution in [0.1, 0.15) is 24.8 Å². The molecule has 0 aromatic carbocycles. The van der Waals surface area contributed by atoms with Gasteiger partial charge in [0, 0.05) is 31.0 Å². The number of thiazole rings is 1. The lowest BCUT2D eigenvalue weighted by molar-refractivity contribution is -0.144. The smallest absolute Gasteiger partial charge is 0.306 e. The van der Waals surface area contributed by atoms with E-state index in [0.29, 0.717) is 13.2 Å². The molecule has 0 spiro atoms. The molecule has 94 valence electrons. The third-order valence-corrected chi connectivity index (χ3v) is 2.85. The molecule has 0 unspecified atom stereocenters. The maximum absolute atomic E-state index is 11.3. The first-order valence-corrected chi connectivity index (χ1v) is 6.41. The summed E-state index contributed by atoms with van der Waals surface area (Å²) in [5, 5.41) is 5.64. The molecule has 0 aliphatic heterocycles. The zero-order valence-corrected chi connectivity index (χ0v) is 10.6. The van der Waals surface area contributed by atoms with E-state index in [1.807, 2.05) is 5.38 Å². The zero-order valence-electron chi connectivity index (χ0n) is 9.77. The molecule has 1 amide bonds. The van der Waals surface area contributed by atoms with Crippen LogP contribution in [0.15, 0.2) is 11.6 Å². The standard InChI is InChI=1S/C11H16N2O3S/c1-2-16-11(15)4-3-9(14)12-6-5-10-13-7-8-17-10/h7-8H,2-6H2,1H3,(H,12,14). The molecule has 0 aliphatic carbocycles. The van der Waals surface area contributed by atoms with E-state index in [4.69, 9.17) is 4.74 Å². The Morgan fingerprint density at radius 2 is 2.29 bits per heavy atom. The zero-order chi connectivity index (χ0) is 12.5. The lowest BCUT2D eigenvalue weighted by Crippen LogP contribution is -2.26. The van der Waals surface area contributed by atoms with Gasteiger partial charge in [-0.1, -0.05) is 0 Å². The first-order chi connectivity index (χ1) is 8.22. The van der Waals surface area contributed by atoms with Crippen LogP contribution >= 0.6 is 11.3 Å². The number of esters is 1. The number of hydrogen-bond acceptors (Lipinski definition) is 5. The molecular weight excluding hydrogens is 240 g/mol. The molecule has 5 nitrogen and oxygen atoms in total. The Balaban J connectivity index is 2.07. The second-order valence-corrected chi connectivity index (χ2v) is 4.31. The number of amides is 1. The van der Waals surface area contributed by atoms with E-state index in [9.17, 15) is 9.59 Å². The van der Waals surface area contributed by atoms with E-state index >= 15 is 0 Å². The van der Waals surface area contributed by atoms with E-state index in [2.05, 4.69) is 10.3 Å². The monoisotopic (exact) mass is 256 g/mol. The minimum atomic E-state index is -0.331. The molecule has 6 heteroatoms. The first kappa shape index (κ1) is 13.6. The van der Waals surface area contributed by atoms with Crippen molar-refractivity contribution in [2.75, 3.05) is 13.2 Å². The molecule has 1 N–H and O–H groups in total. The molecular formula is C11H16N2O3S. The first-order valence-electron chi connectivity index (χ1n) is 5.53. The van der Waals surface area contributed by atoms with Crippen LogP contribution in [0.2, 0.25) is 0 Å². The van der Waals surface area contributed by atoms with Crippen molar-refractivity contribution >= 4 is 23.2 Å². The molecule has 0 radical (unpaired) electrons. The normalized spacial score (nSPS) is 9.94. The van der Waals surface area contributed by atoms with Crippen LogP contribution < -0.4 is 5.32 Å². The fourth-order valence-electron chi connectivity index (χ4n) is 1.22. The van der Waals surface area contributed by atoms with Crippen LogP contribution in [0, 0.1) is 0 Å². The summed E-state index contributed by atoms with van der Waals surface area (Å²) in [6.45, 7) is 2.64. The summed E-state index contributed by atoms with van der Waals surface area (Å²) < 4.78 is 4.73. The predicted molar refractivity (Wildman–Crippen MR) is 64.7 cm³/mol. The molecule has 0 bridgehead atoms. The Morgan fingerprint density at radius 3 is 2.94 bits per heavy atom. The number of hydrogen-bond donors (Lipinski definition) is 1. The van der Waals surface area contributed by atoms with Crippen molar-refractivity contribution < 1.29 is 14.3 Å². The maximum Gasteiger partial charge on any atom is 0.306 e. The van der Waals surface area contributed by atoms with Crippen molar-refractivity contribution in [2.45, 2.75) is 26.2 Å². The highest BCUT2D eigenvalue weighted by molar-refractivity contribution is 7.09. The summed E-state index contributed by atoms with van der Waals surface area (Å²) in [6, 6.07) is 0. The Morgan fingerprint density at radius 1 is 1.47 bits per heavy atom. The van der Waals surface area contributed by atoms with E-state index in [0.717, 1.165) is 11.4 Å². The van der Waals surface area contributed by atoms with E-state index in [1.54, 1.807) is 24.5 Å². The van der Waals surface area contributed by atoms with Crippen LogP contribution in [0.25, 0.3) is 0 Å². The largest absolute Gasteiger partial charge is 0.466 e. The average Bonchev–Trinajstić information content (AvgIpc) is 2.80. The van der Waals surface area contributed by atoms with Gasteiger partial charge in [0.05, 0.1) is 18.0 Å². The van der Waals surface area contributed by atoms with Gasteiger partial charge in [0.2, 0.25) is 5.91 Å². The third-order valence-electron chi connectivity index (χ3n) is 2.01. The van der Waals surface area contributed by atoms with Gasteiger partial charge in [-0.05, 0) is 6.92 Å². The summed E-state index contributed by atoms with van der Waals surface area (Å²) in [4.78, 5) is 26.4. The maximum atomic E-state index is 11.3. The number of carbonyl (C=O) groups is 2. The van der Waals surface area contributed by atoms with Gasteiger partial charge in [-0.2, -0.15) is 0 Å². The Bertz CT molecular complexity index is 352. The number of nitrogens with one attached hydrogen (secondary N) is 1. The predicted octanol–water partition coefficient (Wildman–Crippen LogP) is 1.15. The van der Waals surface area contributed by atoms with E-state index in [1.165, 1.54) is 0 Å². The molecule has 0 fully saturated rings. The summed E-state index contributed by atoms with van der Waals surface area (Å²) >= 11 is 1.56. The lowest BCUT2D eigenvalue weighted by atomic mass is 10.3. The quantitative estimate of drug-likeness (QED) is 0.743. The lowest BCUT2D eigenvalue weighted by Gasteiger charge is -2.03. The van der Waals surface area contributed by atoms with Gasteiger partial charge in [-0.25, -0.2) is 4.98 Å². The van der Waals surface area contributed by atoms with Gasteiger partial charge in [-0.3, -0.25) is 9.59 Å². The van der Waals surface area contributed by atoms with Crippen LogP contribution in [0.3, 0.4) is 0 Å². The fraction of sp³-hybridized carbons (Fsp3) is 0.545. The van der Waals surface area contributed by atoms with Crippen molar-refractivity contribution in [1.29, 1.82) is 0 Å². The minimum absolute atomic E-state index is 0.130. The van der Waals surface area contributed by atoms with Crippen molar-refractivity contribution in [1.82, 2.24) is 10.3 Å². The number of ether oxygens (including phenoxy) is 1. The van der Waals surface area contributed by atoms with E-state index < -0.39 is 0 Å². The molecule has 1 aromatic rings. The second-order valence-electron chi connectivity index (χ2n) is 3.33. The highest BCUT2D eigenvalue weighted by atomic mass is 32.1. The molecule has 1 aromatic heterocycles. The van der Waals surface area contributed by atoms with Gasteiger partial charge in [-0.15, -0.1) is 11.3 Å². The Hall–Kier alpha value is -1.43. The topological polar surface area (TPSA) is 68.3 Å². The van der Waals surface area contributed by atoms with Gasteiger partial charge >= 0.3 is 5.97 Å². The number of rotatable bonds is 7. The summed E-state index contributed by atoms with van der Waals surface area (Å²) in [6.07, 6.45) is 2.78. The number of carbonyl (C=O) groups excluding carboxylic acids is 2. The molecule has 0 atom stereocenters. The van der Waals surface area contributed by atoms with Gasteiger partial charge in [0.25, 0.3) is 0 Å². The summed E-state index contributed by atoms with van der Waals surface area (Å²) in [5.41, 5.74) is 0. The summed E-state index contributed by atoms with van der Waals surface area (Å²) in [5.74, 6) is -0.461. The van der Waals surface area contributed by atoms with Crippen LogP contribution in [0.5, 0.6) is 0 Å². The van der Waals surface area contributed by atoms with Crippen LogP contribution in [-0.2, 0) is 20.7 Å². The fourth-order valence-corrected chi connectivity index (χ4v) is 1.84. The van der Waals surface area contributed by atoms with Gasteiger partial charge in [0.15, 0.2) is 0 Å². The number of aromatic nitrogens is 1. The third kappa shape index (κ3) is 6.01. The van der Waals surface area contributed by atoms with E-state index in [-0.39, 0.29) is 24.7 Å². The molecule has 1 rings (SSSR count). The molecule has 0 saturated heterocycles. The second kappa shape index (κ2) is 7.78. The van der Waals surface area contributed by atoms with Crippen LogP contribution in [0.4, 0.5) is 0 Å². The Kier molecular flexibility index (Phi) is 6.24. The molecule has 0 saturated carbocycles. The van der Waals surface area contributed by atoms with Crippen molar-refractivity contribution in [2.24, 2.45) is 0 Å². The van der Waals surface area contributed by atoms with Crippen molar-refractivity contribution in [3.05, 3.63) is 16.6 Å².